The van der Waals surface area contributed by atoms with Crippen LogP contribution in [0.5, 0.6) is 0 Å². The van der Waals surface area contributed by atoms with Crippen molar-refractivity contribution in [2.24, 2.45) is 0 Å². The molecule has 0 amide bonds. The lowest BCUT2D eigenvalue weighted by atomic mass is 9.87. The lowest BCUT2D eigenvalue weighted by molar-refractivity contribution is 0.451. The van der Waals surface area contributed by atoms with Crippen LogP contribution < -0.4 is 5.32 Å². The van der Waals surface area contributed by atoms with Crippen LogP contribution in [0.2, 0.25) is 0 Å². The lowest BCUT2D eigenvalue weighted by Crippen LogP contribution is -2.12. The fourth-order valence-electron chi connectivity index (χ4n) is 2.46. The summed E-state index contributed by atoms with van der Waals surface area (Å²) >= 11 is 0. The van der Waals surface area contributed by atoms with Crippen LogP contribution in [-0.4, -0.2) is 11.5 Å². The Kier molecular flexibility index (Phi) is 2.67. The zero-order valence-corrected chi connectivity index (χ0v) is 11.3. The summed E-state index contributed by atoms with van der Waals surface area (Å²) in [4.78, 5) is 4.64. The number of fused-ring (bicyclic) bond motifs is 1. The molecule has 1 atom stereocenters. The minimum atomic E-state index is 0.152. The van der Waals surface area contributed by atoms with Crippen molar-refractivity contribution in [1.82, 2.24) is 10.3 Å². The van der Waals surface area contributed by atoms with Crippen LogP contribution in [-0.2, 0) is 5.41 Å². The maximum Gasteiger partial charge on any atom is 0.212 e. The smallest absolute Gasteiger partial charge is 0.212 e. The summed E-state index contributed by atoms with van der Waals surface area (Å²) < 4.78 is 5.85. The van der Waals surface area contributed by atoms with Gasteiger partial charge in [-0.25, -0.2) is 4.98 Å². The molecule has 0 spiro atoms. The average Bonchev–Trinajstić information content (AvgIpc) is 2.95. The lowest BCUT2D eigenvalue weighted by Gasteiger charge is -2.18. The number of hydrogen-bond donors (Lipinski definition) is 1. The molecular formula is C15H20N2O. The third kappa shape index (κ3) is 2.03. The molecule has 1 aliphatic heterocycles. The Morgan fingerprint density at radius 3 is 2.83 bits per heavy atom. The number of hydrogen-bond acceptors (Lipinski definition) is 3. The second-order valence-corrected chi connectivity index (χ2v) is 6.13. The molecule has 0 radical (unpaired) electrons. The minimum Gasteiger partial charge on any atom is -0.439 e. The highest BCUT2D eigenvalue weighted by atomic mass is 16.3. The molecule has 1 aromatic carbocycles. The predicted octanol–water partition coefficient (Wildman–Crippen LogP) is 3.55. The molecule has 1 N–H and O–H groups in total. The second-order valence-electron chi connectivity index (χ2n) is 6.13. The molecule has 3 heteroatoms. The Hall–Kier alpha value is -1.35. The molecule has 96 valence electrons. The van der Waals surface area contributed by atoms with E-state index in [9.17, 15) is 0 Å². The van der Waals surface area contributed by atoms with E-state index in [0.717, 1.165) is 30.0 Å². The maximum atomic E-state index is 5.85. The fourth-order valence-corrected chi connectivity index (χ4v) is 2.46. The first kappa shape index (κ1) is 11.7. The van der Waals surface area contributed by atoms with E-state index in [1.165, 1.54) is 12.0 Å². The zero-order chi connectivity index (χ0) is 12.8. The molecule has 1 fully saturated rings. The third-order valence-corrected chi connectivity index (χ3v) is 3.63. The van der Waals surface area contributed by atoms with Crippen LogP contribution in [0.3, 0.4) is 0 Å². The molecule has 3 nitrogen and oxygen atoms in total. The molecule has 2 aromatic rings. The highest BCUT2D eigenvalue weighted by Crippen LogP contribution is 2.29. The molecule has 18 heavy (non-hydrogen) atoms. The van der Waals surface area contributed by atoms with Crippen molar-refractivity contribution in [2.75, 3.05) is 6.54 Å². The monoisotopic (exact) mass is 244 g/mol. The van der Waals surface area contributed by atoms with Gasteiger partial charge in [-0.3, -0.25) is 0 Å². The summed E-state index contributed by atoms with van der Waals surface area (Å²) in [6.45, 7) is 7.71. The molecule has 1 aliphatic rings. The van der Waals surface area contributed by atoms with Crippen LogP contribution in [0, 0.1) is 0 Å². The summed E-state index contributed by atoms with van der Waals surface area (Å²) in [5.41, 5.74) is 3.32. The van der Waals surface area contributed by atoms with Crippen LogP contribution in [0.1, 0.15) is 51.1 Å². The largest absolute Gasteiger partial charge is 0.439 e. The first-order valence-corrected chi connectivity index (χ1v) is 6.68. The SMILES string of the molecule is CC(C)(C)c1ccc2oc(C3CCCN3)nc2c1. The van der Waals surface area contributed by atoms with Gasteiger partial charge in [0.25, 0.3) is 0 Å². The first-order valence-electron chi connectivity index (χ1n) is 6.68. The van der Waals surface area contributed by atoms with Gasteiger partial charge in [-0.2, -0.15) is 0 Å². The van der Waals surface area contributed by atoms with Crippen molar-refractivity contribution in [1.29, 1.82) is 0 Å². The molecule has 1 saturated heterocycles. The van der Waals surface area contributed by atoms with E-state index in [1.807, 2.05) is 6.07 Å². The number of aromatic nitrogens is 1. The van der Waals surface area contributed by atoms with Gasteiger partial charge in [0.15, 0.2) is 5.58 Å². The molecule has 0 bridgehead atoms. The van der Waals surface area contributed by atoms with Crippen LogP contribution in [0.25, 0.3) is 11.1 Å². The average molecular weight is 244 g/mol. The third-order valence-electron chi connectivity index (χ3n) is 3.63. The molecular weight excluding hydrogens is 224 g/mol. The molecule has 0 aliphatic carbocycles. The number of nitrogens with zero attached hydrogens (tertiary/aromatic N) is 1. The van der Waals surface area contributed by atoms with Crippen molar-refractivity contribution in [3.8, 4) is 0 Å². The Morgan fingerprint density at radius 2 is 2.17 bits per heavy atom. The molecule has 1 unspecified atom stereocenters. The summed E-state index contributed by atoms with van der Waals surface area (Å²) in [7, 11) is 0. The Bertz CT molecular complexity index is 559. The van der Waals surface area contributed by atoms with Crippen LogP contribution in [0.4, 0.5) is 0 Å². The van der Waals surface area contributed by atoms with Crippen molar-refractivity contribution in [2.45, 2.75) is 45.1 Å². The Labute approximate surface area is 108 Å². The van der Waals surface area contributed by atoms with Gasteiger partial charge in [0.1, 0.15) is 5.52 Å². The number of nitrogens with one attached hydrogen (secondary N) is 1. The molecule has 3 rings (SSSR count). The summed E-state index contributed by atoms with van der Waals surface area (Å²) in [5.74, 6) is 0.841. The quantitative estimate of drug-likeness (QED) is 0.833. The summed E-state index contributed by atoms with van der Waals surface area (Å²) in [5, 5.41) is 3.42. The number of oxazole rings is 1. The van der Waals surface area contributed by atoms with E-state index >= 15 is 0 Å². The van der Waals surface area contributed by atoms with E-state index < -0.39 is 0 Å². The van der Waals surface area contributed by atoms with Crippen molar-refractivity contribution < 1.29 is 4.42 Å². The summed E-state index contributed by atoms with van der Waals surface area (Å²) in [6.07, 6.45) is 2.33. The normalized spacial score (nSPS) is 20.7. The van der Waals surface area contributed by atoms with Gasteiger partial charge in [-0.1, -0.05) is 26.8 Å². The van der Waals surface area contributed by atoms with Crippen molar-refractivity contribution in [3.05, 3.63) is 29.7 Å². The minimum absolute atomic E-state index is 0.152. The predicted molar refractivity (Wildman–Crippen MR) is 72.7 cm³/mol. The second kappa shape index (κ2) is 4.09. The van der Waals surface area contributed by atoms with Gasteiger partial charge in [0, 0.05) is 0 Å². The van der Waals surface area contributed by atoms with Gasteiger partial charge >= 0.3 is 0 Å². The Balaban J connectivity index is 2.01. The molecule has 2 heterocycles. The Morgan fingerprint density at radius 1 is 1.33 bits per heavy atom. The maximum absolute atomic E-state index is 5.85. The van der Waals surface area contributed by atoms with Gasteiger partial charge in [-0.05, 0) is 42.5 Å². The topological polar surface area (TPSA) is 38.1 Å². The highest BCUT2D eigenvalue weighted by Gasteiger charge is 2.22. The number of rotatable bonds is 1. The van der Waals surface area contributed by atoms with Crippen molar-refractivity contribution >= 4 is 11.1 Å². The van der Waals surface area contributed by atoms with Gasteiger partial charge in [0.2, 0.25) is 5.89 Å². The van der Waals surface area contributed by atoms with E-state index in [2.05, 4.69) is 43.2 Å². The van der Waals surface area contributed by atoms with Crippen LogP contribution in [0.15, 0.2) is 22.6 Å². The molecule has 1 aromatic heterocycles. The van der Waals surface area contributed by atoms with E-state index in [1.54, 1.807) is 0 Å². The van der Waals surface area contributed by atoms with E-state index in [0.29, 0.717) is 6.04 Å². The summed E-state index contributed by atoms with van der Waals surface area (Å²) in [6, 6.07) is 6.63. The van der Waals surface area contributed by atoms with Crippen LogP contribution >= 0.6 is 0 Å². The first-order chi connectivity index (χ1) is 8.54. The standard InChI is InChI=1S/C15H20N2O/c1-15(2,3)10-6-7-13-12(9-10)17-14(18-13)11-5-4-8-16-11/h6-7,9,11,16H,4-5,8H2,1-3H3. The van der Waals surface area contributed by atoms with Gasteiger partial charge in [0.05, 0.1) is 6.04 Å². The number of benzene rings is 1. The van der Waals surface area contributed by atoms with E-state index in [-0.39, 0.29) is 5.41 Å². The van der Waals surface area contributed by atoms with Crippen molar-refractivity contribution in [3.63, 3.8) is 0 Å². The van der Waals surface area contributed by atoms with E-state index in [4.69, 9.17) is 4.42 Å². The zero-order valence-electron chi connectivity index (χ0n) is 11.3. The van der Waals surface area contributed by atoms with Gasteiger partial charge < -0.3 is 9.73 Å². The fraction of sp³-hybridized carbons (Fsp3) is 0.533. The molecule has 0 saturated carbocycles. The highest BCUT2D eigenvalue weighted by molar-refractivity contribution is 5.73. The van der Waals surface area contributed by atoms with Gasteiger partial charge in [-0.15, -0.1) is 0 Å².